The lowest BCUT2D eigenvalue weighted by Gasteiger charge is -2.28. The molecule has 0 fully saturated rings. The summed E-state index contributed by atoms with van der Waals surface area (Å²) >= 11 is 12.1. The number of hydrogen-bond donors (Lipinski definition) is 0. The number of amides is 2. The van der Waals surface area contributed by atoms with Crippen molar-refractivity contribution >= 4 is 46.0 Å². The summed E-state index contributed by atoms with van der Waals surface area (Å²) in [5, 5.41) is 0.962. The molecule has 4 aromatic rings. The van der Waals surface area contributed by atoms with E-state index in [1.54, 1.807) is 42.5 Å². The average Bonchev–Trinajstić information content (AvgIpc) is 2.92. The van der Waals surface area contributed by atoms with Crippen molar-refractivity contribution in [2.45, 2.75) is 26.4 Å². The van der Waals surface area contributed by atoms with Gasteiger partial charge in [0.15, 0.2) is 5.43 Å². The fourth-order valence-electron chi connectivity index (χ4n) is 4.07. The van der Waals surface area contributed by atoms with E-state index >= 15 is 0 Å². The van der Waals surface area contributed by atoms with Gasteiger partial charge in [-0.2, -0.15) is 0 Å². The number of benzene rings is 3. The Kier molecular flexibility index (Phi) is 8.81. The van der Waals surface area contributed by atoms with Gasteiger partial charge in [-0.25, -0.2) is 4.39 Å². The summed E-state index contributed by atoms with van der Waals surface area (Å²) < 4.78 is 19.1. The first kappa shape index (κ1) is 27.4. The van der Waals surface area contributed by atoms with E-state index in [1.165, 1.54) is 40.3 Å². The molecular weight excluding hydrogens is 530 g/mol. The molecule has 0 aliphatic heterocycles. The Labute approximate surface area is 229 Å². The third-order valence-electron chi connectivity index (χ3n) is 6.03. The first-order valence-corrected chi connectivity index (χ1v) is 12.8. The zero-order valence-corrected chi connectivity index (χ0v) is 22.1. The minimum absolute atomic E-state index is 0.0513. The lowest BCUT2D eigenvalue weighted by molar-refractivity contribution is -0.133. The summed E-state index contributed by atoms with van der Waals surface area (Å²) in [6.45, 7) is 2.05. The highest BCUT2D eigenvalue weighted by molar-refractivity contribution is 6.42. The van der Waals surface area contributed by atoms with Gasteiger partial charge >= 0.3 is 0 Å². The van der Waals surface area contributed by atoms with Gasteiger partial charge in [0, 0.05) is 18.7 Å². The van der Waals surface area contributed by atoms with Gasteiger partial charge in [0.1, 0.15) is 17.9 Å². The quantitative estimate of drug-likeness (QED) is 0.242. The number of hydrogen-bond acceptors (Lipinski definition) is 4. The van der Waals surface area contributed by atoms with Crippen molar-refractivity contribution in [1.82, 2.24) is 9.80 Å². The van der Waals surface area contributed by atoms with Crippen LogP contribution in [0, 0.1) is 5.82 Å². The summed E-state index contributed by atoms with van der Waals surface area (Å²) in [6.07, 6.45) is 1.97. The number of carbonyl (C=O) groups is 2. The summed E-state index contributed by atoms with van der Waals surface area (Å²) in [5.74, 6) is -1.15. The van der Waals surface area contributed by atoms with Crippen molar-refractivity contribution in [3.05, 3.63) is 116 Å². The van der Waals surface area contributed by atoms with Crippen LogP contribution in [0.1, 0.15) is 34.8 Å². The first-order valence-electron chi connectivity index (χ1n) is 12.0. The van der Waals surface area contributed by atoms with E-state index in [0.717, 1.165) is 0 Å². The van der Waals surface area contributed by atoms with E-state index in [-0.39, 0.29) is 47.5 Å². The molecule has 0 N–H and O–H groups in total. The second-order valence-electron chi connectivity index (χ2n) is 8.82. The lowest BCUT2D eigenvalue weighted by atomic mass is 10.1. The normalized spacial score (nSPS) is 10.9. The molecule has 0 atom stereocenters. The fraction of sp³-hybridized carbons (Fsp3) is 0.207. The molecule has 6 nitrogen and oxygen atoms in total. The number of para-hydroxylation sites is 1. The summed E-state index contributed by atoms with van der Waals surface area (Å²) in [4.78, 5) is 42.9. The highest BCUT2D eigenvalue weighted by atomic mass is 35.5. The molecule has 0 saturated heterocycles. The van der Waals surface area contributed by atoms with Crippen LogP contribution in [-0.2, 0) is 17.9 Å². The van der Waals surface area contributed by atoms with Gasteiger partial charge in [0.2, 0.25) is 5.91 Å². The smallest absolute Gasteiger partial charge is 0.254 e. The summed E-state index contributed by atoms with van der Waals surface area (Å²) in [6, 6.07) is 17.2. The van der Waals surface area contributed by atoms with Crippen LogP contribution in [0.3, 0.4) is 0 Å². The Morgan fingerprint density at radius 1 is 0.921 bits per heavy atom. The molecule has 0 bridgehead atoms. The first-order chi connectivity index (χ1) is 18.3. The van der Waals surface area contributed by atoms with Gasteiger partial charge < -0.3 is 14.2 Å². The van der Waals surface area contributed by atoms with Crippen molar-refractivity contribution in [2.24, 2.45) is 0 Å². The van der Waals surface area contributed by atoms with Gasteiger partial charge in [-0.1, -0.05) is 54.4 Å². The zero-order chi connectivity index (χ0) is 27.2. The number of carbonyl (C=O) groups excluding carboxylic acids is 2. The highest BCUT2D eigenvalue weighted by Gasteiger charge is 2.24. The topological polar surface area (TPSA) is 70.8 Å². The van der Waals surface area contributed by atoms with Crippen molar-refractivity contribution in [3.8, 4) is 0 Å². The molecule has 0 unspecified atom stereocenters. The van der Waals surface area contributed by atoms with E-state index in [2.05, 4.69) is 0 Å². The third kappa shape index (κ3) is 6.41. The van der Waals surface area contributed by atoms with Crippen LogP contribution < -0.4 is 5.43 Å². The molecule has 1 aromatic heterocycles. The Morgan fingerprint density at radius 3 is 2.37 bits per heavy atom. The van der Waals surface area contributed by atoms with Gasteiger partial charge in [0.05, 0.1) is 33.8 Å². The Bertz CT molecular complexity index is 1520. The number of fused-ring (bicyclic) bond motifs is 1. The molecule has 0 saturated carbocycles. The van der Waals surface area contributed by atoms with Crippen LogP contribution in [0.4, 0.5) is 4.39 Å². The minimum Gasteiger partial charge on any atom is -0.464 e. The number of rotatable bonds is 9. The molecule has 38 heavy (non-hydrogen) atoms. The van der Waals surface area contributed by atoms with E-state index in [0.29, 0.717) is 40.1 Å². The van der Waals surface area contributed by atoms with Crippen LogP contribution in [0.2, 0.25) is 10.0 Å². The predicted octanol–water partition coefficient (Wildman–Crippen LogP) is 6.32. The van der Waals surface area contributed by atoms with E-state index in [4.69, 9.17) is 27.6 Å². The second kappa shape index (κ2) is 12.2. The minimum atomic E-state index is -0.400. The maximum atomic E-state index is 13.6. The number of halogens is 3. The van der Waals surface area contributed by atoms with Crippen molar-refractivity contribution in [3.63, 3.8) is 0 Å². The largest absolute Gasteiger partial charge is 0.464 e. The Balaban J connectivity index is 1.63. The van der Waals surface area contributed by atoms with Gasteiger partial charge in [0.25, 0.3) is 5.91 Å². The molecule has 4 rings (SSSR count). The van der Waals surface area contributed by atoms with Crippen LogP contribution in [-0.4, -0.2) is 34.7 Å². The summed E-state index contributed by atoms with van der Waals surface area (Å²) in [7, 11) is 0. The zero-order valence-electron chi connectivity index (χ0n) is 20.6. The molecule has 0 aliphatic carbocycles. The van der Waals surface area contributed by atoms with Crippen LogP contribution >= 0.6 is 23.2 Å². The molecule has 3 aromatic carbocycles. The fourth-order valence-corrected chi connectivity index (χ4v) is 4.37. The van der Waals surface area contributed by atoms with Crippen LogP contribution in [0.25, 0.3) is 11.0 Å². The number of nitrogens with zero attached hydrogens (tertiary/aromatic N) is 2. The van der Waals surface area contributed by atoms with Crippen molar-refractivity contribution < 1.29 is 18.4 Å². The molecule has 0 radical (unpaired) electrons. The highest BCUT2D eigenvalue weighted by Crippen LogP contribution is 2.23. The molecular formula is C29H25Cl2FN2O4. The SMILES string of the molecule is CCCN(CC(=O)N(Cc1ccc(F)cc1)Cc1coc2ccccc2c1=O)C(=O)c1ccc(Cl)c(Cl)c1. The molecule has 0 aliphatic rings. The standard InChI is InChI=1S/C29H25Cl2FN2O4/c1-2-13-33(29(37)20-9-12-24(30)25(31)14-20)17-27(35)34(15-19-7-10-22(32)11-8-19)16-21-18-38-26-6-4-3-5-23(26)28(21)36/h3-12,14,18H,2,13,15-17H2,1H3. The second-order valence-corrected chi connectivity index (χ2v) is 9.63. The maximum absolute atomic E-state index is 13.6. The molecule has 1 heterocycles. The Morgan fingerprint density at radius 2 is 1.66 bits per heavy atom. The lowest BCUT2D eigenvalue weighted by Crippen LogP contribution is -2.43. The third-order valence-corrected chi connectivity index (χ3v) is 6.76. The van der Waals surface area contributed by atoms with Crippen LogP contribution in [0.15, 0.2) is 82.2 Å². The van der Waals surface area contributed by atoms with E-state index in [9.17, 15) is 18.8 Å². The summed E-state index contributed by atoms with van der Waals surface area (Å²) in [5.41, 5.74) is 1.46. The van der Waals surface area contributed by atoms with Gasteiger partial charge in [-0.3, -0.25) is 14.4 Å². The molecule has 0 spiro atoms. The predicted molar refractivity (Wildman–Crippen MR) is 146 cm³/mol. The monoisotopic (exact) mass is 554 g/mol. The van der Waals surface area contributed by atoms with Crippen molar-refractivity contribution in [1.29, 1.82) is 0 Å². The van der Waals surface area contributed by atoms with Gasteiger partial charge in [-0.05, 0) is 54.4 Å². The van der Waals surface area contributed by atoms with Gasteiger partial charge in [-0.15, -0.1) is 0 Å². The molecule has 2 amide bonds. The molecule has 9 heteroatoms. The molecule has 196 valence electrons. The average molecular weight is 555 g/mol. The van der Waals surface area contributed by atoms with Crippen molar-refractivity contribution in [2.75, 3.05) is 13.1 Å². The Hall–Kier alpha value is -3.68. The van der Waals surface area contributed by atoms with Crippen LogP contribution in [0.5, 0.6) is 0 Å². The maximum Gasteiger partial charge on any atom is 0.254 e. The van der Waals surface area contributed by atoms with E-state index < -0.39 is 5.82 Å². The van der Waals surface area contributed by atoms with E-state index in [1.807, 2.05) is 6.92 Å².